The first-order valence-corrected chi connectivity index (χ1v) is 12.5. The summed E-state index contributed by atoms with van der Waals surface area (Å²) in [4.78, 5) is 62.3. The molecular formula is C24H40N4O6. The maximum absolute atomic E-state index is 13.1. The summed E-state index contributed by atoms with van der Waals surface area (Å²) in [5, 5.41) is 17.7. The van der Waals surface area contributed by atoms with Gasteiger partial charge < -0.3 is 26.0 Å². The van der Waals surface area contributed by atoms with Crippen molar-refractivity contribution in [3.8, 4) is 0 Å². The maximum Gasteiger partial charge on any atom is 0.326 e. The van der Waals surface area contributed by atoms with E-state index in [9.17, 15) is 29.1 Å². The monoisotopic (exact) mass is 480 g/mol. The van der Waals surface area contributed by atoms with Crippen LogP contribution >= 0.6 is 0 Å². The van der Waals surface area contributed by atoms with Gasteiger partial charge in [-0.15, -0.1) is 0 Å². The van der Waals surface area contributed by atoms with Gasteiger partial charge >= 0.3 is 5.97 Å². The molecule has 1 saturated heterocycles. The molecule has 0 radical (unpaired) electrons. The molecule has 192 valence electrons. The minimum atomic E-state index is -1.13. The quantitative estimate of drug-likeness (QED) is 0.310. The first kappa shape index (κ1) is 27.6. The first-order valence-electron chi connectivity index (χ1n) is 12.5. The fourth-order valence-electron chi connectivity index (χ4n) is 4.94. The summed E-state index contributed by atoms with van der Waals surface area (Å²) in [6.45, 7) is 3.82. The molecule has 1 aliphatic heterocycles. The van der Waals surface area contributed by atoms with Crippen LogP contribution in [0, 0.1) is 5.92 Å². The van der Waals surface area contributed by atoms with Gasteiger partial charge in [-0.05, 0) is 44.4 Å². The van der Waals surface area contributed by atoms with Gasteiger partial charge in [-0.2, -0.15) is 0 Å². The standard InChI is InChI=1S/C24H40N4O6/c1-16(29)25-13-7-6-11-19(24(33)34)26-22(31)20(15-18-9-4-3-5-10-18)27-23(32)21-12-8-14-28(21)17(2)30/h18-21H,3-15H2,1-2H3,(H,25,29)(H,26,31)(H,27,32)(H,33,34)/t19-,20-,21-/m0/s1. The summed E-state index contributed by atoms with van der Waals surface area (Å²) in [6, 6.07) is -2.51. The number of unbranched alkanes of at least 4 members (excludes halogenated alkanes) is 1. The second-order valence-electron chi connectivity index (χ2n) is 9.55. The summed E-state index contributed by atoms with van der Waals surface area (Å²) in [6.07, 6.45) is 8.38. The van der Waals surface area contributed by atoms with Crippen molar-refractivity contribution in [1.82, 2.24) is 20.9 Å². The number of carbonyl (C=O) groups excluding carboxylic acids is 4. The summed E-state index contributed by atoms with van der Waals surface area (Å²) >= 11 is 0. The van der Waals surface area contributed by atoms with Crippen molar-refractivity contribution < 1.29 is 29.1 Å². The number of carboxylic acids is 1. The Balaban J connectivity index is 2.01. The molecule has 4 amide bonds. The van der Waals surface area contributed by atoms with E-state index in [4.69, 9.17) is 0 Å². The Morgan fingerprint density at radius 2 is 1.62 bits per heavy atom. The van der Waals surface area contributed by atoms with Crippen LogP contribution in [0.3, 0.4) is 0 Å². The van der Waals surface area contributed by atoms with E-state index in [-0.39, 0.29) is 24.1 Å². The number of hydrogen-bond acceptors (Lipinski definition) is 5. The van der Waals surface area contributed by atoms with Crippen molar-refractivity contribution in [2.45, 2.75) is 103 Å². The zero-order valence-corrected chi connectivity index (χ0v) is 20.4. The Labute approximate surface area is 201 Å². The van der Waals surface area contributed by atoms with Crippen LogP contribution in [0.5, 0.6) is 0 Å². The van der Waals surface area contributed by atoms with Gasteiger partial charge in [0, 0.05) is 26.9 Å². The largest absolute Gasteiger partial charge is 0.480 e. The normalized spacial score (nSPS) is 20.3. The molecule has 0 aromatic heterocycles. The molecule has 34 heavy (non-hydrogen) atoms. The van der Waals surface area contributed by atoms with Crippen LogP contribution in [0.15, 0.2) is 0 Å². The Bertz CT molecular complexity index is 737. The van der Waals surface area contributed by atoms with Crippen LogP contribution in [-0.2, 0) is 24.0 Å². The number of carboxylic acid groups (broad SMARTS) is 1. The van der Waals surface area contributed by atoms with Crippen molar-refractivity contribution in [2.24, 2.45) is 5.92 Å². The molecule has 3 atom stereocenters. The fraction of sp³-hybridized carbons (Fsp3) is 0.792. The third kappa shape index (κ3) is 8.95. The highest BCUT2D eigenvalue weighted by Crippen LogP contribution is 2.28. The van der Waals surface area contributed by atoms with Crippen molar-refractivity contribution in [3.63, 3.8) is 0 Å². The molecule has 2 fully saturated rings. The molecule has 0 bridgehead atoms. The highest BCUT2D eigenvalue weighted by molar-refractivity contribution is 5.93. The third-order valence-corrected chi connectivity index (χ3v) is 6.79. The average Bonchev–Trinajstić information content (AvgIpc) is 3.28. The van der Waals surface area contributed by atoms with Gasteiger partial charge in [0.05, 0.1) is 0 Å². The Morgan fingerprint density at radius 1 is 0.912 bits per heavy atom. The first-order chi connectivity index (χ1) is 16.2. The maximum atomic E-state index is 13.1. The van der Waals surface area contributed by atoms with Crippen molar-refractivity contribution in [3.05, 3.63) is 0 Å². The lowest BCUT2D eigenvalue weighted by molar-refractivity contribution is -0.143. The van der Waals surface area contributed by atoms with Crippen molar-refractivity contribution >= 4 is 29.6 Å². The molecule has 0 aromatic rings. The van der Waals surface area contributed by atoms with E-state index >= 15 is 0 Å². The van der Waals surface area contributed by atoms with Crippen LogP contribution in [0.25, 0.3) is 0 Å². The van der Waals surface area contributed by atoms with Crippen LogP contribution in [-0.4, -0.2) is 70.8 Å². The molecule has 1 aliphatic carbocycles. The predicted octanol–water partition coefficient (Wildman–Crippen LogP) is 1.33. The molecule has 1 heterocycles. The van der Waals surface area contributed by atoms with Crippen LogP contribution in [0.2, 0.25) is 0 Å². The lowest BCUT2D eigenvalue weighted by atomic mass is 9.84. The summed E-state index contributed by atoms with van der Waals surface area (Å²) in [5.41, 5.74) is 0. The molecule has 10 nitrogen and oxygen atoms in total. The Hall–Kier alpha value is -2.65. The number of amides is 4. The van der Waals surface area contributed by atoms with E-state index in [1.807, 2.05) is 0 Å². The number of nitrogens with one attached hydrogen (secondary N) is 3. The van der Waals surface area contributed by atoms with Crippen LogP contribution in [0.1, 0.15) is 84.5 Å². The smallest absolute Gasteiger partial charge is 0.326 e. The molecule has 0 aromatic carbocycles. The van der Waals surface area contributed by atoms with Crippen LogP contribution in [0.4, 0.5) is 0 Å². The van der Waals surface area contributed by atoms with E-state index < -0.39 is 30.0 Å². The number of nitrogens with zero attached hydrogens (tertiary/aromatic N) is 1. The Morgan fingerprint density at radius 3 is 2.24 bits per heavy atom. The zero-order chi connectivity index (χ0) is 25.1. The number of hydrogen-bond donors (Lipinski definition) is 4. The van der Waals surface area contributed by atoms with Gasteiger partial charge in [-0.3, -0.25) is 19.2 Å². The fourth-order valence-corrected chi connectivity index (χ4v) is 4.94. The molecule has 10 heteroatoms. The minimum absolute atomic E-state index is 0.144. The third-order valence-electron chi connectivity index (χ3n) is 6.79. The van der Waals surface area contributed by atoms with Crippen LogP contribution < -0.4 is 16.0 Å². The number of carbonyl (C=O) groups is 5. The van der Waals surface area contributed by atoms with E-state index in [0.717, 1.165) is 38.5 Å². The SMILES string of the molecule is CC(=O)NCCCC[C@H](NC(=O)[C@H](CC1CCCCC1)NC(=O)[C@@H]1CCCN1C(C)=O)C(=O)O. The number of aliphatic carboxylic acids is 1. The van der Waals surface area contributed by atoms with E-state index in [1.54, 1.807) is 0 Å². The summed E-state index contributed by atoms with van der Waals surface area (Å²) in [5.74, 6) is -2.01. The summed E-state index contributed by atoms with van der Waals surface area (Å²) < 4.78 is 0. The Kier molecular flexibility index (Phi) is 11.3. The lowest BCUT2D eigenvalue weighted by Crippen LogP contribution is -2.55. The highest BCUT2D eigenvalue weighted by Gasteiger charge is 2.36. The van der Waals surface area contributed by atoms with Crippen molar-refractivity contribution in [1.29, 1.82) is 0 Å². The minimum Gasteiger partial charge on any atom is -0.480 e. The van der Waals surface area contributed by atoms with E-state index in [2.05, 4.69) is 16.0 Å². The van der Waals surface area contributed by atoms with Gasteiger partial charge in [0.1, 0.15) is 18.1 Å². The lowest BCUT2D eigenvalue weighted by Gasteiger charge is -2.29. The van der Waals surface area contributed by atoms with Gasteiger partial charge in [0.25, 0.3) is 0 Å². The van der Waals surface area contributed by atoms with Gasteiger partial charge in [0.2, 0.25) is 23.6 Å². The van der Waals surface area contributed by atoms with Gasteiger partial charge in [-0.1, -0.05) is 32.1 Å². The molecule has 4 N–H and O–H groups in total. The predicted molar refractivity (Wildman–Crippen MR) is 126 cm³/mol. The highest BCUT2D eigenvalue weighted by atomic mass is 16.4. The molecular weight excluding hydrogens is 440 g/mol. The number of likely N-dealkylation sites (tertiary alicyclic amines) is 1. The van der Waals surface area contributed by atoms with E-state index in [1.165, 1.54) is 18.7 Å². The summed E-state index contributed by atoms with van der Waals surface area (Å²) in [7, 11) is 0. The molecule has 2 rings (SSSR count). The van der Waals surface area contributed by atoms with E-state index in [0.29, 0.717) is 44.7 Å². The second-order valence-corrected chi connectivity index (χ2v) is 9.55. The van der Waals surface area contributed by atoms with Gasteiger partial charge in [-0.25, -0.2) is 4.79 Å². The zero-order valence-electron chi connectivity index (χ0n) is 20.4. The van der Waals surface area contributed by atoms with Crippen molar-refractivity contribution in [2.75, 3.05) is 13.1 Å². The number of rotatable bonds is 12. The molecule has 2 aliphatic rings. The topological polar surface area (TPSA) is 145 Å². The molecule has 0 spiro atoms. The van der Waals surface area contributed by atoms with Gasteiger partial charge in [0.15, 0.2) is 0 Å². The molecule has 1 saturated carbocycles. The molecule has 0 unspecified atom stereocenters. The average molecular weight is 481 g/mol. The second kappa shape index (κ2) is 13.9.